The van der Waals surface area contributed by atoms with Crippen LogP contribution in [0.15, 0.2) is 34.8 Å². The first-order valence-electron chi connectivity index (χ1n) is 5.57. The van der Waals surface area contributed by atoms with E-state index in [0.29, 0.717) is 15.7 Å². The topological polar surface area (TPSA) is 35.8 Å². The standard InChI is InChI=1S/C14H8BrClF2N2/c15-12-4-11(18)5-13(16)14(12)20-7-9-1-8(6-19)2-10(17)3-9/h1-5,20H,7H2. The van der Waals surface area contributed by atoms with Gasteiger partial charge in [0.15, 0.2) is 0 Å². The molecule has 0 unspecified atom stereocenters. The van der Waals surface area contributed by atoms with E-state index < -0.39 is 11.6 Å². The molecule has 1 N–H and O–H groups in total. The lowest BCUT2D eigenvalue weighted by molar-refractivity contribution is 0.625. The second-order valence-electron chi connectivity index (χ2n) is 4.06. The Hall–Kier alpha value is -1.64. The lowest BCUT2D eigenvalue weighted by Gasteiger charge is -2.11. The first kappa shape index (κ1) is 14.8. The van der Waals surface area contributed by atoms with Crippen molar-refractivity contribution in [1.29, 1.82) is 5.26 Å². The molecule has 0 aromatic heterocycles. The minimum absolute atomic E-state index is 0.216. The number of rotatable bonds is 3. The van der Waals surface area contributed by atoms with E-state index >= 15 is 0 Å². The van der Waals surface area contributed by atoms with E-state index in [9.17, 15) is 8.78 Å². The largest absolute Gasteiger partial charge is 0.379 e. The minimum atomic E-state index is -0.481. The molecular formula is C14H8BrClF2N2. The molecule has 6 heteroatoms. The van der Waals surface area contributed by atoms with Gasteiger partial charge in [0, 0.05) is 11.0 Å². The monoisotopic (exact) mass is 356 g/mol. The zero-order valence-corrected chi connectivity index (χ0v) is 12.4. The number of anilines is 1. The van der Waals surface area contributed by atoms with Crippen molar-refractivity contribution < 1.29 is 8.78 Å². The third kappa shape index (κ3) is 3.47. The molecule has 0 atom stereocenters. The SMILES string of the molecule is N#Cc1cc(F)cc(CNc2c(Cl)cc(F)cc2Br)c1. The molecule has 0 aliphatic heterocycles. The summed E-state index contributed by atoms with van der Waals surface area (Å²) in [5, 5.41) is 12.0. The Bertz CT molecular complexity index is 675. The lowest BCUT2D eigenvalue weighted by atomic mass is 10.1. The molecule has 0 bridgehead atoms. The van der Waals surface area contributed by atoms with E-state index in [4.69, 9.17) is 16.9 Å². The maximum atomic E-state index is 13.3. The Morgan fingerprint density at radius 2 is 1.85 bits per heavy atom. The van der Waals surface area contributed by atoms with Crippen molar-refractivity contribution >= 4 is 33.2 Å². The van der Waals surface area contributed by atoms with Crippen LogP contribution in [-0.4, -0.2) is 0 Å². The van der Waals surface area contributed by atoms with Gasteiger partial charge in [-0.2, -0.15) is 5.26 Å². The highest BCUT2D eigenvalue weighted by Gasteiger charge is 2.08. The first-order valence-corrected chi connectivity index (χ1v) is 6.74. The van der Waals surface area contributed by atoms with Crippen LogP contribution in [0.3, 0.4) is 0 Å². The molecule has 0 saturated heterocycles. The smallest absolute Gasteiger partial charge is 0.125 e. The van der Waals surface area contributed by atoms with Crippen molar-refractivity contribution in [3.8, 4) is 6.07 Å². The van der Waals surface area contributed by atoms with Crippen LogP contribution in [0.25, 0.3) is 0 Å². The van der Waals surface area contributed by atoms with E-state index in [-0.39, 0.29) is 17.1 Å². The molecule has 2 aromatic carbocycles. The third-order valence-electron chi connectivity index (χ3n) is 2.56. The maximum Gasteiger partial charge on any atom is 0.125 e. The summed E-state index contributed by atoms with van der Waals surface area (Å²) in [5.74, 6) is -0.935. The number of benzene rings is 2. The Balaban J connectivity index is 2.21. The zero-order chi connectivity index (χ0) is 14.7. The van der Waals surface area contributed by atoms with Crippen LogP contribution in [-0.2, 0) is 6.54 Å². The van der Waals surface area contributed by atoms with Crippen LogP contribution >= 0.6 is 27.5 Å². The van der Waals surface area contributed by atoms with Gasteiger partial charge in [0.25, 0.3) is 0 Å². The summed E-state index contributed by atoms with van der Waals surface area (Å²) in [6.07, 6.45) is 0. The van der Waals surface area contributed by atoms with Gasteiger partial charge in [0.1, 0.15) is 11.6 Å². The molecule has 2 nitrogen and oxygen atoms in total. The molecule has 0 aliphatic rings. The molecule has 2 rings (SSSR count). The molecule has 0 heterocycles. The average Bonchev–Trinajstić information content (AvgIpc) is 2.36. The quantitative estimate of drug-likeness (QED) is 0.851. The molecule has 2 aromatic rings. The molecule has 0 spiro atoms. The highest BCUT2D eigenvalue weighted by Crippen LogP contribution is 2.32. The van der Waals surface area contributed by atoms with E-state index in [2.05, 4.69) is 21.2 Å². The van der Waals surface area contributed by atoms with Crippen LogP contribution < -0.4 is 5.32 Å². The van der Waals surface area contributed by atoms with E-state index in [1.165, 1.54) is 18.2 Å². The Labute approximate surface area is 128 Å². The van der Waals surface area contributed by atoms with Crippen LogP contribution in [0.2, 0.25) is 5.02 Å². The van der Waals surface area contributed by atoms with Crippen LogP contribution in [0.4, 0.5) is 14.5 Å². The van der Waals surface area contributed by atoms with E-state index in [1.807, 2.05) is 6.07 Å². The highest BCUT2D eigenvalue weighted by atomic mass is 79.9. The molecule has 0 amide bonds. The number of nitriles is 1. The maximum absolute atomic E-state index is 13.3. The average molecular weight is 358 g/mol. The summed E-state index contributed by atoms with van der Waals surface area (Å²) in [6.45, 7) is 0.260. The molecular weight excluding hydrogens is 350 g/mol. The van der Waals surface area contributed by atoms with Gasteiger partial charge in [-0.1, -0.05) is 11.6 Å². The molecule has 102 valence electrons. The van der Waals surface area contributed by atoms with Gasteiger partial charge in [-0.05, 0) is 51.8 Å². The minimum Gasteiger partial charge on any atom is -0.379 e. The Morgan fingerprint density at radius 1 is 1.15 bits per heavy atom. The summed E-state index contributed by atoms with van der Waals surface area (Å²) in [4.78, 5) is 0. The van der Waals surface area contributed by atoms with Crippen molar-refractivity contribution in [1.82, 2.24) is 0 Å². The predicted octanol–water partition coefficient (Wildman–Crippen LogP) is 4.86. The number of nitrogens with zero attached hydrogens (tertiary/aromatic N) is 1. The van der Waals surface area contributed by atoms with Gasteiger partial charge >= 0.3 is 0 Å². The van der Waals surface area contributed by atoms with Crippen LogP contribution in [0, 0.1) is 23.0 Å². The second kappa shape index (κ2) is 6.21. The van der Waals surface area contributed by atoms with Crippen molar-refractivity contribution in [2.45, 2.75) is 6.54 Å². The molecule has 0 aliphatic carbocycles. The van der Waals surface area contributed by atoms with Gasteiger partial charge in [-0.15, -0.1) is 0 Å². The molecule has 0 fully saturated rings. The fourth-order valence-electron chi connectivity index (χ4n) is 1.72. The second-order valence-corrected chi connectivity index (χ2v) is 5.32. The van der Waals surface area contributed by atoms with Gasteiger partial charge < -0.3 is 5.32 Å². The number of nitrogens with one attached hydrogen (secondary N) is 1. The zero-order valence-electron chi connectivity index (χ0n) is 10.1. The van der Waals surface area contributed by atoms with Crippen molar-refractivity contribution in [3.05, 3.63) is 62.6 Å². The summed E-state index contributed by atoms with van der Waals surface area (Å²) in [7, 11) is 0. The summed E-state index contributed by atoms with van der Waals surface area (Å²) in [5.41, 5.74) is 1.34. The van der Waals surface area contributed by atoms with Crippen molar-refractivity contribution in [3.63, 3.8) is 0 Å². The Kier molecular flexibility index (Phi) is 4.58. The van der Waals surface area contributed by atoms with E-state index in [1.54, 1.807) is 6.07 Å². The van der Waals surface area contributed by atoms with Gasteiger partial charge in [0.2, 0.25) is 0 Å². The number of halogens is 4. The van der Waals surface area contributed by atoms with Crippen LogP contribution in [0.1, 0.15) is 11.1 Å². The van der Waals surface area contributed by atoms with Gasteiger partial charge in [-0.3, -0.25) is 0 Å². The summed E-state index contributed by atoms with van der Waals surface area (Å²) < 4.78 is 26.9. The fraction of sp³-hybridized carbons (Fsp3) is 0.0714. The van der Waals surface area contributed by atoms with Crippen molar-refractivity contribution in [2.75, 3.05) is 5.32 Å². The summed E-state index contributed by atoms with van der Waals surface area (Å²) >= 11 is 9.13. The number of hydrogen-bond acceptors (Lipinski definition) is 2. The summed E-state index contributed by atoms with van der Waals surface area (Å²) in [6, 6.07) is 8.39. The number of hydrogen-bond donors (Lipinski definition) is 1. The highest BCUT2D eigenvalue weighted by molar-refractivity contribution is 9.10. The first-order chi connectivity index (χ1) is 9.49. The van der Waals surface area contributed by atoms with E-state index in [0.717, 1.165) is 6.07 Å². The molecule has 20 heavy (non-hydrogen) atoms. The lowest BCUT2D eigenvalue weighted by Crippen LogP contribution is -2.02. The van der Waals surface area contributed by atoms with Gasteiger partial charge in [-0.25, -0.2) is 8.78 Å². The third-order valence-corrected chi connectivity index (χ3v) is 3.49. The fourth-order valence-corrected chi connectivity index (χ4v) is 2.68. The normalized spacial score (nSPS) is 10.2. The molecule has 0 radical (unpaired) electrons. The Morgan fingerprint density at radius 3 is 2.50 bits per heavy atom. The van der Waals surface area contributed by atoms with Crippen molar-refractivity contribution in [2.24, 2.45) is 0 Å². The molecule has 0 saturated carbocycles. The van der Waals surface area contributed by atoms with Crippen LogP contribution in [0.5, 0.6) is 0 Å². The predicted molar refractivity (Wildman–Crippen MR) is 77.6 cm³/mol. The van der Waals surface area contributed by atoms with Gasteiger partial charge in [0.05, 0.1) is 22.3 Å².